The van der Waals surface area contributed by atoms with Crippen LogP contribution >= 0.6 is 0 Å². The first-order chi connectivity index (χ1) is 37.3. The lowest BCUT2D eigenvalue weighted by molar-refractivity contribution is -0.385. The molecule has 420 valence electrons. The van der Waals surface area contributed by atoms with Crippen LogP contribution in [-0.4, -0.2) is 166 Å². The van der Waals surface area contributed by atoms with Gasteiger partial charge >= 0.3 is 53.7 Å². The summed E-state index contributed by atoms with van der Waals surface area (Å²) < 4.78 is 95.6. The standard InChI is InChI=1S/C53H58O25/c1-26(54)63-23-36-39(66-27(2)55)42(68-29(4)57)46(70-31(6)59)52(73-36)78-53-47(71-32(7)60)43(69-30(5)58)40(67-28(3)56)37(74-53)25-65-51-45(76-49(62)34-19-13-9-14-20-34)44(75-48(61)33-17-11-8-12-18-33)41-38(72-51)24-64-50(77-41)35-21-15-10-16-22-35/h8-22,36-47,50-53H,23-25H2,1-7H3/t36-,37-,38-,39-,40-,41-,42+,43+,44+,45-,46-,47-,50?,51-,52-,53-/m1/s1. The van der Waals surface area contributed by atoms with E-state index in [-0.39, 0.29) is 17.7 Å². The molecule has 4 fully saturated rings. The van der Waals surface area contributed by atoms with Crippen LogP contribution in [0.15, 0.2) is 91.0 Å². The number of esters is 9. The summed E-state index contributed by atoms with van der Waals surface area (Å²) in [6, 6.07) is 24.6. The molecule has 0 saturated carbocycles. The molecule has 4 aliphatic heterocycles. The Kier molecular flexibility index (Phi) is 20.0. The molecule has 78 heavy (non-hydrogen) atoms. The van der Waals surface area contributed by atoms with E-state index in [0.717, 1.165) is 48.5 Å². The topological polar surface area (TPSA) is 301 Å². The summed E-state index contributed by atoms with van der Waals surface area (Å²) >= 11 is 0. The summed E-state index contributed by atoms with van der Waals surface area (Å²) in [5.74, 6) is -8.42. The first kappa shape index (κ1) is 58.3. The van der Waals surface area contributed by atoms with Gasteiger partial charge < -0.3 is 75.8 Å². The summed E-state index contributed by atoms with van der Waals surface area (Å²) in [6.07, 6.45) is -26.1. The minimum atomic E-state index is -2.03. The summed E-state index contributed by atoms with van der Waals surface area (Å²) in [5, 5.41) is 0. The zero-order valence-electron chi connectivity index (χ0n) is 43.2. The maximum absolute atomic E-state index is 14.1. The Bertz CT molecular complexity index is 2600. The van der Waals surface area contributed by atoms with Crippen molar-refractivity contribution in [3.63, 3.8) is 0 Å². The molecule has 3 aromatic carbocycles. The smallest absolute Gasteiger partial charge is 0.338 e. The average Bonchev–Trinajstić information content (AvgIpc) is 3.41. The molecule has 3 aromatic rings. The van der Waals surface area contributed by atoms with E-state index in [1.807, 2.05) is 0 Å². The molecule has 0 spiro atoms. The predicted molar refractivity (Wildman–Crippen MR) is 254 cm³/mol. The molecule has 0 amide bonds. The molecule has 0 bridgehead atoms. The van der Waals surface area contributed by atoms with Crippen molar-refractivity contribution in [1.29, 1.82) is 0 Å². The number of hydrogen-bond acceptors (Lipinski definition) is 25. The maximum Gasteiger partial charge on any atom is 0.338 e. The van der Waals surface area contributed by atoms with E-state index in [0.29, 0.717) is 5.56 Å². The van der Waals surface area contributed by atoms with Crippen LogP contribution < -0.4 is 0 Å². The van der Waals surface area contributed by atoms with Crippen LogP contribution in [0, 0.1) is 0 Å². The number of ether oxygens (including phenoxy) is 16. The van der Waals surface area contributed by atoms with Crippen molar-refractivity contribution in [1.82, 2.24) is 0 Å². The third-order valence-electron chi connectivity index (χ3n) is 12.0. The molecule has 4 saturated heterocycles. The molecule has 0 aromatic heterocycles. The van der Waals surface area contributed by atoms with Crippen molar-refractivity contribution in [2.45, 2.75) is 147 Å². The van der Waals surface area contributed by atoms with Crippen molar-refractivity contribution < 1.29 is 119 Å². The van der Waals surface area contributed by atoms with Gasteiger partial charge in [-0.2, -0.15) is 0 Å². The molecule has 25 heteroatoms. The number of fused-ring (bicyclic) bond motifs is 1. The van der Waals surface area contributed by atoms with Gasteiger partial charge in [-0.3, -0.25) is 33.6 Å². The van der Waals surface area contributed by atoms with Crippen LogP contribution in [-0.2, 0) is 109 Å². The van der Waals surface area contributed by atoms with Gasteiger partial charge in [0.05, 0.1) is 24.3 Å². The number of carbonyl (C=O) groups is 9. The zero-order valence-corrected chi connectivity index (χ0v) is 43.2. The second-order valence-corrected chi connectivity index (χ2v) is 18.0. The van der Waals surface area contributed by atoms with E-state index in [1.54, 1.807) is 66.7 Å². The number of benzene rings is 3. The highest BCUT2D eigenvalue weighted by Gasteiger charge is 2.59. The van der Waals surface area contributed by atoms with Gasteiger partial charge in [-0.1, -0.05) is 66.7 Å². The number of rotatable bonds is 18. The lowest BCUT2D eigenvalue weighted by atomic mass is 9.96. The van der Waals surface area contributed by atoms with Crippen molar-refractivity contribution in [2.75, 3.05) is 19.8 Å². The summed E-state index contributed by atoms with van der Waals surface area (Å²) in [7, 11) is 0. The third kappa shape index (κ3) is 15.2. The molecule has 1 unspecified atom stereocenters. The average molecular weight is 1100 g/mol. The molecule has 0 N–H and O–H groups in total. The Morgan fingerprint density at radius 1 is 0.410 bits per heavy atom. The van der Waals surface area contributed by atoms with Gasteiger partial charge in [0.15, 0.2) is 61.4 Å². The largest absolute Gasteiger partial charge is 0.463 e. The molecule has 7 rings (SSSR count). The van der Waals surface area contributed by atoms with E-state index < -0.39 is 165 Å². The summed E-state index contributed by atoms with van der Waals surface area (Å²) in [6.45, 7) is 5.44. The fourth-order valence-corrected chi connectivity index (χ4v) is 8.97. The Morgan fingerprint density at radius 3 is 1.26 bits per heavy atom. The van der Waals surface area contributed by atoms with Crippen molar-refractivity contribution in [2.24, 2.45) is 0 Å². The summed E-state index contributed by atoms with van der Waals surface area (Å²) in [5.41, 5.74) is 0.801. The Morgan fingerprint density at radius 2 is 0.808 bits per heavy atom. The Labute approximate surface area is 446 Å². The zero-order chi connectivity index (χ0) is 56.2. The van der Waals surface area contributed by atoms with Gasteiger partial charge in [0.25, 0.3) is 0 Å². The first-order valence-electron chi connectivity index (χ1n) is 24.5. The van der Waals surface area contributed by atoms with Gasteiger partial charge in [0.2, 0.25) is 12.6 Å². The molecule has 4 aliphatic rings. The van der Waals surface area contributed by atoms with Crippen molar-refractivity contribution in [3.8, 4) is 0 Å². The van der Waals surface area contributed by atoms with Gasteiger partial charge in [0, 0.05) is 54.0 Å². The second-order valence-electron chi connectivity index (χ2n) is 18.0. The van der Waals surface area contributed by atoms with Crippen LogP contribution in [0.3, 0.4) is 0 Å². The highest BCUT2D eigenvalue weighted by atomic mass is 16.8. The van der Waals surface area contributed by atoms with Crippen LogP contribution in [0.4, 0.5) is 0 Å². The van der Waals surface area contributed by atoms with E-state index >= 15 is 0 Å². The van der Waals surface area contributed by atoms with Crippen molar-refractivity contribution >= 4 is 53.7 Å². The molecular weight excluding hydrogens is 1040 g/mol. The van der Waals surface area contributed by atoms with Crippen LogP contribution in [0.5, 0.6) is 0 Å². The van der Waals surface area contributed by atoms with E-state index in [9.17, 15) is 43.2 Å². The number of carbonyl (C=O) groups excluding carboxylic acids is 9. The predicted octanol–water partition coefficient (Wildman–Crippen LogP) is 2.91. The van der Waals surface area contributed by atoms with E-state index in [1.165, 1.54) is 24.3 Å². The molecule has 0 radical (unpaired) electrons. The van der Waals surface area contributed by atoms with Crippen LogP contribution in [0.2, 0.25) is 0 Å². The lowest BCUT2D eigenvalue weighted by Crippen LogP contribution is -2.67. The fourth-order valence-electron chi connectivity index (χ4n) is 8.97. The fraction of sp³-hybridized carbons (Fsp3) is 0.491. The molecular formula is C53H58O25. The Balaban J connectivity index is 1.29. The highest BCUT2D eigenvalue weighted by Crippen LogP contribution is 2.40. The van der Waals surface area contributed by atoms with Gasteiger partial charge in [-0.05, 0) is 24.3 Å². The first-order valence-corrected chi connectivity index (χ1v) is 24.5. The molecule has 16 atom stereocenters. The minimum absolute atomic E-state index is 0.0787. The highest BCUT2D eigenvalue weighted by molar-refractivity contribution is 5.90. The van der Waals surface area contributed by atoms with Crippen LogP contribution in [0.25, 0.3) is 0 Å². The van der Waals surface area contributed by atoms with E-state index in [2.05, 4.69) is 0 Å². The quantitative estimate of drug-likeness (QED) is 0.131. The van der Waals surface area contributed by atoms with Crippen molar-refractivity contribution in [3.05, 3.63) is 108 Å². The lowest BCUT2D eigenvalue weighted by Gasteiger charge is -2.49. The monoisotopic (exact) mass is 1090 g/mol. The SMILES string of the molecule is CC(=O)OC[C@H]1O[C@H](O[C@H]2O[C@H](CO[C@@H]3O[C@@H]4COC(c5ccccc5)O[C@H]4[C@H](OC(=O)c4ccccc4)[C@H]3OC(=O)c3ccccc3)[C@@H](OC(C)=O)[C@H](OC(C)=O)[C@H]2OC(C)=O)[C@H](OC(C)=O)[C@@H](OC(C)=O)[C@@H]1OC(C)=O. The maximum atomic E-state index is 14.1. The molecule has 25 nitrogen and oxygen atoms in total. The van der Waals surface area contributed by atoms with Gasteiger partial charge in [-0.25, -0.2) is 9.59 Å². The Hall–Kier alpha value is -7.39. The van der Waals surface area contributed by atoms with E-state index in [4.69, 9.17) is 75.8 Å². The van der Waals surface area contributed by atoms with Crippen LogP contribution in [0.1, 0.15) is 81.0 Å². The molecule has 4 heterocycles. The third-order valence-corrected chi connectivity index (χ3v) is 12.0. The minimum Gasteiger partial charge on any atom is -0.463 e. The summed E-state index contributed by atoms with van der Waals surface area (Å²) in [4.78, 5) is 117. The van der Waals surface area contributed by atoms with Gasteiger partial charge in [-0.15, -0.1) is 0 Å². The molecule has 0 aliphatic carbocycles. The normalized spacial score (nSPS) is 30.3. The second kappa shape index (κ2) is 26.8. The number of hydrogen-bond donors (Lipinski definition) is 0. The van der Waals surface area contributed by atoms with Gasteiger partial charge in [0.1, 0.15) is 31.0 Å².